The molecule has 15 heavy (non-hydrogen) atoms. The molecule has 0 spiro atoms. The Morgan fingerprint density at radius 3 is 2.87 bits per heavy atom. The maximum absolute atomic E-state index is 11.9. The third-order valence-electron chi connectivity index (χ3n) is 1.74. The number of alkyl halides is 1. The Kier molecular flexibility index (Phi) is 3.91. The molecule has 0 aromatic heterocycles. The lowest BCUT2D eigenvalue weighted by Gasteiger charge is -2.07. The lowest BCUT2D eigenvalue weighted by Crippen LogP contribution is -2.08. The van der Waals surface area contributed by atoms with Crippen molar-refractivity contribution in [2.45, 2.75) is 6.92 Å². The van der Waals surface area contributed by atoms with Gasteiger partial charge in [0.15, 0.2) is 0 Å². The molecule has 0 aliphatic heterocycles. The lowest BCUT2D eigenvalue weighted by molar-refractivity contribution is 0.0526. The van der Waals surface area contributed by atoms with Gasteiger partial charge in [-0.2, -0.15) is 0 Å². The van der Waals surface area contributed by atoms with Crippen LogP contribution in [0, 0.1) is 0 Å². The minimum Gasteiger partial charge on any atom is -0.463 e. The van der Waals surface area contributed by atoms with E-state index in [0.29, 0.717) is 0 Å². The van der Waals surface area contributed by atoms with Crippen molar-refractivity contribution in [3.8, 4) is 5.75 Å². The molecule has 0 heterocycles. The number of hydrogen-bond acceptors (Lipinski definition) is 4. The molecule has 1 rings (SSSR count). The van der Waals surface area contributed by atoms with Gasteiger partial charge in [-0.05, 0) is 25.1 Å². The van der Waals surface area contributed by atoms with Crippen molar-refractivity contribution in [1.82, 2.24) is 0 Å². The van der Waals surface area contributed by atoms with E-state index in [2.05, 4.69) is 4.74 Å². The Morgan fingerprint density at radius 1 is 1.53 bits per heavy atom. The zero-order valence-electron chi connectivity index (χ0n) is 8.33. The maximum atomic E-state index is 11.9. The standard InChI is InChI=1S/C10H12FNO3/c1-2-14-10(13)8-5-7(15-6-11)3-4-9(8)12/h3-5H,2,6,12H2,1H3. The summed E-state index contributed by atoms with van der Waals surface area (Å²) in [5.41, 5.74) is 6.03. The minimum absolute atomic E-state index is 0.183. The van der Waals surface area contributed by atoms with Crippen LogP contribution in [0.4, 0.5) is 10.1 Å². The highest BCUT2D eigenvalue weighted by Gasteiger charge is 2.11. The van der Waals surface area contributed by atoms with E-state index in [1.54, 1.807) is 6.92 Å². The predicted octanol–water partition coefficient (Wildman–Crippen LogP) is 1.75. The van der Waals surface area contributed by atoms with Crippen LogP contribution in [0.25, 0.3) is 0 Å². The minimum atomic E-state index is -0.952. The molecule has 0 unspecified atom stereocenters. The summed E-state index contributed by atoms with van der Waals surface area (Å²) in [6, 6.07) is 4.31. The zero-order chi connectivity index (χ0) is 11.3. The third kappa shape index (κ3) is 2.83. The van der Waals surface area contributed by atoms with Crippen LogP contribution in [0.15, 0.2) is 18.2 Å². The molecule has 0 aliphatic carbocycles. The van der Waals surface area contributed by atoms with Crippen molar-refractivity contribution in [2.75, 3.05) is 19.2 Å². The van der Waals surface area contributed by atoms with E-state index in [4.69, 9.17) is 10.5 Å². The van der Waals surface area contributed by atoms with Crippen molar-refractivity contribution in [3.63, 3.8) is 0 Å². The highest BCUT2D eigenvalue weighted by atomic mass is 19.1. The van der Waals surface area contributed by atoms with Gasteiger partial charge in [-0.25, -0.2) is 9.18 Å². The molecule has 0 aliphatic rings. The average molecular weight is 213 g/mol. The number of halogens is 1. The topological polar surface area (TPSA) is 61.5 Å². The van der Waals surface area contributed by atoms with E-state index in [9.17, 15) is 9.18 Å². The molecule has 4 nitrogen and oxygen atoms in total. The molecule has 82 valence electrons. The van der Waals surface area contributed by atoms with Crippen LogP contribution in [0.5, 0.6) is 5.75 Å². The Morgan fingerprint density at radius 2 is 2.27 bits per heavy atom. The number of nitrogen functional groups attached to an aromatic ring is 1. The smallest absolute Gasteiger partial charge is 0.340 e. The van der Waals surface area contributed by atoms with E-state index in [1.807, 2.05) is 0 Å². The van der Waals surface area contributed by atoms with Crippen LogP contribution in [0.2, 0.25) is 0 Å². The molecule has 5 heteroatoms. The molecule has 0 radical (unpaired) electrons. The maximum Gasteiger partial charge on any atom is 0.340 e. The van der Waals surface area contributed by atoms with Crippen LogP contribution in [-0.2, 0) is 4.74 Å². The molecule has 1 aromatic carbocycles. The molecule has 0 bridgehead atoms. The summed E-state index contributed by atoms with van der Waals surface area (Å²) in [6.45, 7) is 0.995. The van der Waals surface area contributed by atoms with Crippen LogP contribution < -0.4 is 10.5 Å². The number of esters is 1. The Hall–Kier alpha value is -1.78. The Bertz CT molecular complexity index is 355. The first-order chi connectivity index (χ1) is 7.19. The van der Waals surface area contributed by atoms with Crippen molar-refractivity contribution in [3.05, 3.63) is 23.8 Å². The number of hydrogen-bond donors (Lipinski definition) is 1. The summed E-state index contributed by atoms with van der Waals surface area (Å²) >= 11 is 0. The van der Waals surface area contributed by atoms with Crippen LogP contribution in [0.3, 0.4) is 0 Å². The first kappa shape index (κ1) is 11.3. The number of carbonyl (C=O) groups is 1. The average Bonchev–Trinajstić information content (AvgIpc) is 2.21. The van der Waals surface area contributed by atoms with Crippen LogP contribution in [-0.4, -0.2) is 19.4 Å². The fourth-order valence-electron chi connectivity index (χ4n) is 1.07. The van der Waals surface area contributed by atoms with E-state index in [-0.39, 0.29) is 23.6 Å². The van der Waals surface area contributed by atoms with Crippen molar-refractivity contribution < 1.29 is 18.7 Å². The molecular weight excluding hydrogens is 201 g/mol. The Labute approximate surface area is 86.8 Å². The summed E-state index contributed by atoms with van der Waals surface area (Å²) in [5, 5.41) is 0. The van der Waals surface area contributed by atoms with Gasteiger partial charge in [0.2, 0.25) is 6.86 Å². The highest BCUT2D eigenvalue weighted by Crippen LogP contribution is 2.20. The largest absolute Gasteiger partial charge is 0.463 e. The first-order valence-electron chi connectivity index (χ1n) is 4.44. The van der Waals surface area contributed by atoms with E-state index < -0.39 is 12.8 Å². The van der Waals surface area contributed by atoms with Gasteiger partial charge in [0.1, 0.15) is 5.75 Å². The van der Waals surface area contributed by atoms with Gasteiger partial charge in [-0.15, -0.1) is 0 Å². The third-order valence-corrected chi connectivity index (χ3v) is 1.74. The van der Waals surface area contributed by atoms with Gasteiger partial charge in [0, 0.05) is 5.69 Å². The number of carbonyl (C=O) groups excluding carboxylic acids is 1. The van der Waals surface area contributed by atoms with Gasteiger partial charge in [0.25, 0.3) is 0 Å². The summed E-state index contributed by atoms with van der Waals surface area (Å²) in [7, 11) is 0. The zero-order valence-corrected chi connectivity index (χ0v) is 8.33. The van der Waals surface area contributed by atoms with Crippen molar-refractivity contribution >= 4 is 11.7 Å². The predicted molar refractivity (Wildman–Crippen MR) is 53.4 cm³/mol. The van der Waals surface area contributed by atoms with Crippen LogP contribution >= 0.6 is 0 Å². The van der Waals surface area contributed by atoms with Crippen molar-refractivity contribution in [2.24, 2.45) is 0 Å². The van der Waals surface area contributed by atoms with Crippen molar-refractivity contribution in [1.29, 1.82) is 0 Å². The number of nitrogens with two attached hydrogens (primary N) is 1. The molecular formula is C10H12FNO3. The van der Waals surface area contributed by atoms with E-state index >= 15 is 0 Å². The second-order valence-electron chi connectivity index (χ2n) is 2.72. The van der Waals surface area contributed by atoms with Gasteiger partial charge < -0.3 is 15.2 Å². The van der Waals surface area contributed by atoms with E-state index in [0.717, 1.165) is 0 Å². The molecule has 1 aromatic rings. The van der Waals surface area contributed by atoms with Gasteiger partial charge in [-0.3, -0.25) is 0 Å². The molecule has 2 N–H and O–H groups in total. The van der Waals surface area contributed by atoms with Crippen LogP contribution in [0.1, 0.15) is 17.3 Å². The second-order valence-corrected chi connectivity index (χ2v) is 2.72. The quantitative estimate of drug-likeness (QED) is 0.611. The molecule has 0 fully saturated rings. The second kappa shape index (κ2) is 5.19. The van der Waals surface area contributed by atoms with Gasteiger partial charge >= 0.3 is 5.97 Å². The Balaban J connectivity index is 2.94. The number of ether oxygens (including phenoxy) is 2. The normalized spacial score (nSPS) is 9.73. The van der Waals surface area contributed by atoms with Gasteiger partial charge in [-0.1, -0.05) is 0 Å². The summed E-state index contributed by atoms with van der Waals surface area (Å²) in [5.74, 6) is -0.297. The molecule has 0 amide bonds. The number of benzene rings is 1. The summed E-state index contributed by atoms with van der Waals surface area (Å²) in [6.07, 6.45) is 0. The first-order valence-corrected chi connectivity index (χ1v) is 4.44. The SMILES string of the molecule is CCOC(=O)c1cc(OCF)ccc1N. The van der Waals surface area contributed by atoms with Gasteiger partial charge in [0.05, 0.1) is 12.2 Å². The highest BCUT2D eigenvalue weighted by molar-refractivity contribution is 5.95. The summed E-state index contributed by atoms with van der Waals surface area (Å²) < 4.78 is 21.3. The summed E-state index contributed by atoms with van der Waals surface area (Å²) in [4.78, 5) is 11.4. The molecule has 0 atom stereocenters. The molecule has 0 saturated carbocycles. The monoisotopic (exact) mass is 213 g/mol. The van der Waals surface area contributed by atoms with E-state index in [1.165, 1.54) is 18.2 Å². The molecule has 0 saturated heterocycles. The number of anilines is 1. The lowest BCUT2D eigenvalue weighted by atomic mass is 10.2. The fourth-order valence-corrected chi connectivity index (χ4v) is 1.07. The fraction of sp³-hybridized carbons (Fsp3) is 0.300. The number of rotatable bonds is 4.